The molecule has 1 atom stereocenters. The van der Waals surface area contributed by atoms with Crippen LogP contribution in [-0.4, -0.2) is 26.2 Å². The van der Waals surface area contributed by atoms with Gasteiger partial charge in [-0.2, -0.15) is 0 Å². The van der Waals surface area contributed by atoms with Gasteiger partial charge in [-0.25, -0.2) is 9.97 Å². The van der Waals surface area contributed by atoms with Gasteiger partial charge in [-0.15, -0.1) is 11.3 Å². The first-order valence-corrected chi connectivity index (χ1v) is 11.4. The Labute approximate surface area is 177 Å². The number of hydrogen-bond acceptors (Lipinski definition) is 6. The quantitative estimate of drug-likeness (QED) is 0.640. The van der Waals surface area contributed by atoms with E-state index in [1.54, 1.807) is 15.9 Å². The third kappa shape index (κ3) is 4.00. The van der Waals surface area contributed by atoms with Crippen LogP contribution >= 0.6 is 23.1 Å². The molecule has 150 valence electrons. The molecule has 0 aliphatic carbocycles. The maximum absolute atomic E-state index is 12.9. The Hall–Kier alpha value is -2.45. The van der Waals surface area contributed by atoms with Gasteiger partial charge in [0.2, 0.25) is 5.91 Å². The number of aryl methyl sites for hydroxylation is 2. The minimum Gasteiger partial charge on any atom is -0.326 e. The molecule has 2 aromatic heterocycles. The van der Waals surface area contributed by atoms with Crippen LogP contribution < -0.4 is 10.9 Å². The predicted octanol–water partition coefficient (Wildman–Crippen LogP) is 3.91. The van der Waals surface area contributed by atoms with Crippen LogP contribution in [0.15, 0.2) is 39.6 Å². The van der Waals surface area contributed by atoms with E-state index in [1.807, 2.05) is 50.4 Å². The van der Waals surface area contributed by atoms with Crippen LogP contribution in [0.1, 0.15) is 23.2 Å². The molecule has 0 fully saturated rings. The molecule has 6 nitrogen and oxygen atoms in total. The van der Waals surface area contributed by atoms with Gasteiger partial charge in [-0.1, -0.05) is 30.8 Å². The Balaban J connectivity index is 1.53. The highest BCUT2D eigenvalue weighted by Gasteiger charge is 2.28. The number of carbonyl (C=O) groups is 1. The number of nitrogens with zero attached hydrogens (tertiary/aromatic N) is 3. The molecule has 1 aromatic carbocycles. The van der Waals surface area contributed by atoms with E-state index >= 15 is 0 Å². The summed E-state index contributed by atoms with van der Waals surface area (Å²) in [4.78, 5) is 34.7. The Morgan fingerprint density at radius 3 is 2.86 bits per heavy atom. The van der Waals surface area contributed by atoms with Crippen molar-refractivity contribution in [2.45, 2.75) is 38.9 Å². The number of thiazole rings is 1. The van der Waals surface area contributed by atoms with Crippen molar-refractivity contribution in [3.8, 4) is 11.3 Å². The van der Waals surface area contributed by atoms with Crippen molar-refractivity contribution in [1.29, 1.82) is 0 Å². The molecular weight excluding hydrogens is 404 g/mol. The number of aromatic nitrogens is 3. The highest BCUT2D eigenvalue weighted by atomic mass is 32.2. The molecule has 1 aliphatic heterocycles. The number of carbonyl (C=O) groups excluding carboxylic acids is 1. The van der Waals surface area contributed by atoms with E-state index in [-0.39, 0.29) is 17.4 Å². The van der Waals surface area contributed by atoms with Crippen molar-refractivity contribution in [2.75, 3.05) is 11.1 Å². The molecule has 3 heterocycles. The minimum absolute atomic E-state index is 0.0269. The summed E-state index contributed by atoms with van der Waals surface area (Å²) < 4.78 is 1.65. The molecule has 4 rings (SSSR count). The summed E-state index contributed by atoms with van der Waals surface area (Å²) in [6, 6.07) is 7.70. The van der Waals surface area contributed by atoms with Crippen LogP contribution in [0.25, 0.3) is 11.3 Å². The van der Waals surface area contributed by atoms with Gasteiger partial charge in [0.25, 0.3) is 5.56 Å². The fourth-order valence-electron chi connectivity index (χ4n) is 3.46. The summed E-state index contributed by atoms with van der Waals surface area (Å²) in [5.41, 5.74) is 4.10. The summed E-state index contributed by atoms with van der Waals surface area (Å²) in [5, 5.41) is 6.73. The summed E-state index contributed by atoms with van der Waals surface area (Å²) >= 11 is 3.07. The van der Waals surface area contributed by atoms with E-state index in [0.717, 1.165) is 33.2 Å². The lowest BCUT2D eigenvalue weighted by atomic mass is 10.1. The molecule has 1 N–H and O–H groups in total. The summed E-state index contributed by atoms with van der Waals surface area (Å²) in [5.74, 6) is 0.235. The van der Waals surface area contributed by atoms with Crippen LogP contribution in [0.4, 0.5) is 5.69 Å². The minimum atomic E-state index is -0.287. The van der Waals surface area contributed by atoms with Crippen molar-refractivity contribution in [2.24, 2.45) is 5.92 Å². The molecule has 3 aromatic rings. The van der Waals surface area contributed by atoms with E-state index < -0.39 is 0 Å². The molecule has 0 bridgehead atoms. The molecule has 29 heavy (non-hydrogen) atoms. The van der Waals surface area contributed by atoms with Crippen molar-refractivity contribution < 1.29 is 4.79 Å². The molecule has 1 unspecified atom stereocenters. The van der Waals surface area contributed by atoms with E-state index in [4.69, 9.17) is 0 Å². The maximum atomic E-state index is 12.9. The Morgan fingerprint density at radius 2 is 2.14 bits per heavy atom. The van der Waals surface area contributed by atoms with Gasteiger partial charge in [-0.3, -0.25) is 14.2 Å². The monoisotopic (exact) mass is 426 g/mol. The largest absolute Gasteiger partial charge is 0.326 e. The smallest absolute Gasteiger partial charge is 0.257 e. The average molecular weight is 427 g/mol. The van der Waals surface area contributed by atoms with E-state index in [2.05, 4.69) is 15.3 Å². The average Bonchev–Trinajstić information content (AvgIpc) is 3.15. The molecule has 0 saturated carbocycles. The van der Waals surface area contributed by atoms with Crippen molar-refractivity contribution in [3.05, 3.63) is 56.3 Å². The SMILES string of the molecule is CCc1c(C)nc2n(c1=O)CC(C(=O)Nc1cccc(-c3csc(C)n3)c1)CS2. The molecule has 8 heteroatoms. The van der Waals surface area contributed by atoms with Gasteiger partial charge in [-0.05, 0) is 32.4 Å². The standard InChI is InChI=1S/C21H22N4O2S2/c1-4-17-12(2)22-21-25(20(17)27)9-15(10-29-21)19(26)24-16-7-5-6-14(8-16)18-11-28-13(3)23-18/h5-8,11,15H,4,9-10H2,1-3H3,(H,24,26). The fourth-order valence-corrected chi connectivity index (χ4v) is 5.20. The van der Waals surface area contributed by atoms with E-state index in [9.17, 15) is 9.59 Å². The fraction of sp³-hybridized carbons (Fsp3) is 0.333. The molecule has 1 amide bonds. The molecule has 0 spiro atoms. The highest BCUT2D eigenvalue weighted by Crippen LogP contribution is 2.28. The van der Waals surface area contributed by atoms with Crippen LogP contribution in [0.2, 0.25) is 0 Å². The number of fused-ring (bicyclic) bond motifs is 1. The van der Waals surface area contributed by atoms with Gasteiger partial charge in [0.1, 0.15) is 0 Å². The second kappa shape index (κ2) is 8.12. The van der Waals surface area contributed by atoms with Crippen LogP contribution in [0.5, 0.6) is 0 Å². The first kappa shape index (κ1) is 19.8. The molecular formula is C21H22N4O2S2. The van der Waals surface area contributed by atoms with Gasteiger partial charge in [0.05, 0.1) is 16.6 Å². The Kier molecular flexibility index (Phi) is 5.56. The topological polar surface area (TPSA) is 76.9 Å². The maximum Gasteiger partial charge on any atom is 0.257 e. The van der Waals surface area contributed by atoms with Gasteiger partial charge >= 0.3 is 0 Å². The van der Waals surface area contributed by atoms with Crippen LogP contribution in [0, 0.1) is 19.8 Å². The Morgan fingerprint density at radius 1 is 1.31 bits per heavy atom. The lowest BCUT2D eigenvalue weighted by Crippen LogP contribution is -2.38. The number of hydrogen-bond donors (Lipinski definition) is 1. The summed E-state index contributed by atoms with van der Waals surface area (Å²) in [6.45, 7) is 6.16. The number of thioether (sulfide) groups is 1. The third-order valence-corrected chi connectivity index (χ3v) is 6.93. The number of rotatable bonds is 4. The molecule has 0 saturated heterocycles. The zero-order valence-corrected chi connectivity index (χ0v) is 18.2. The zero-order valence-electron chi connectivity index (χ0n) is 16.6. The van der Waals surface area contributed by atoms with Crippen molar-refractivity contribution in [1.82, 2.24) is 14.5 Å². The van der Waals surface area contributed by atoms with Crippen LogP contribution in [-0.2, 0) is 17.8 Å². The normalized spacial score (nSPS) is 15.8. The van der Waals surface area contributed by atoms with Crippen molar-refractivity contribution >= 4 is 34.7 Å². The predicted molar refractivity (Wildman–Crippen MR) is 118 cm³/mol. The Bertz CT molecular complexity index is 1140. The zero-order chi connectivity index (χ0) is 20.5. The summed E-state index contributed by atoms with van der Waals surface area (Å²) in [6.07, 6.45) is 0.641. The first-order valence-electron chi connectivity index (χ1n) is 9.52. The summed E-state index contributed by atoms with van der Waals surface area (Å²) in [7, 11) is 0. The van der Waals surface area contributed by atoms with Gasteiger partial charge in [0.15, 0.2) is 5.16 Å². The molecule has 1 aliphatic rings. The number of benzene rings is 1. The lowest BCUT2D eigenvalue weighted by molar-refractivity contribution is -0.119. The van der Waals surface area contributed by atoms with Crippen molar-refractivity contribution in [3.63, 3.8) is 0 Å². The van der Waals surface area contributed by atoms with Gasteiger partial charge < -0.3 is 5.32 Å². The number of amides is 1. The van der Waals surface area contributed by atoms with E-state index in [1.165, 1.54) is 11.8 Å². The van der Waals surface area contributed by atoms with E-state index in [0.29, 0.717) is 23.9 Å². The van der Waals surface area contributed by atoms with Gasteiger partial charge in [0, 0.05) is 40.2 Å². The third-order valence-electron chi connectivity index (χ3n) is 5.02. The lowest BCUT2D eigenvalue weighted by Gasteiger charge is -2.25. The number of nitrogens with one attached hydrogen (secondary N) is 1. The second-order valence-corrected chi connectivity index (χ2v) is 9.11. The number of anilines is 1. The first-order chi connectivity index (χ1) is 14.0. The second-order valence-electron chi connectivity index (χ2n) is 7.06. The molecule has 0 radical (unpaired) electrons. The van der Waals surface area contributed by atoms with Crippen LogP contribution in [0.3, 0.4) is 0 Å². The highest BCUT2D eigenvalue weighted by molar-refractivity contribution is 7.99.